The van der Waals surface area contributed by atoms with Crippen molar-refractivity contribution >= 4 is 28.5 Å². The van der Waals surface area contributed by atoms with Crippen molar-refractivity contribution in [2.45, 2.75) is 13.5 Å². The Labute approximate surface area is 160 Å². The molecular weight excluding hydrogens is 365 g/mol. The van der Waals surface area contributed by atoms with Crippen LogP contribution in [0.25, 0.3) is 10.9 Å². The van der Waals surface area contributed by atoms with Crippen LogP contribution in [-0.2, 0) is 20.9 Å². The number of ether oxygens (including phenoxy) is 1. The zero-order chi connectivity index (χ0) is 20.1. The van der Waals surface area contributed by atoms with Crippen LogP contribution in [-0.4, -0.2) is 34.6 Å². The number of anilines is 1. The van der Waals surface area contributed by atoms with Crippen molar-refractivity contribution in [2.75, 3.05) is 18.1 Å². The summed E-state index contributed by atoms with van der Waals surface area (Å²) in [7, 11) is 0. The Balaban J connectivity index is 1.90. The lowest BCUT2D eigenvalue weighted by molar-refractivity contribution is -0.142. The van der Waals surface area contributed by atoms with E-state index in [9.17, 15) is 18.8 Å². The van der Waals surface area contributed by atoms with Gasteiger partial charge in [-0.25, -0.2) is 9.37 Å². The van der Waals surface area contributed by atoms with Crippen LogP contribution < -0.4 is 10.5 Å². The van der Waals surface area contributed by atoms with E-state index in [0.717, 1.165) is 16.7 Å². The molecule has 0 unspecified atom stereocenters. The van der Waals surface area contributed by atoms with Gasteiger partial charge in [-0.1, -0.05) is 18.2 Å². The monoisotopic (exact) mass is 383 g/mol. The van der Waals surface area contributed by atoms with Gasteiger partial charge in [0.05, 0.1) is 23.8 Å². The van der Waals surface area contributed by atoms with Gasteiger partial charge < -0.3 is 4.74 Å². The highest BCUT2D eigenvalue weighted by Crippen LogP contribution is 2.14. The number of rotatable bonds is 6. The van der Waals surface area contributed by atoms with Crippen molar-refractivity contribution in [1.29, 1.82) is 0 Å². The molecule has 7 nitrogen and oxygen atoms in total. The molecule has 0 N–H and O–H groups in total. The van der Waals surface area contributed by atoms with Gasteiger partial charge in [0.25, 0.3) is 5.56 Å². The van der Waals surface area contributed by atoms with E-state index in [-0.39, 0.29) is 30.6 Å². The lowest BCUT2D eigenvalue weighted by Crippen LogP contribution is -2.40. The van der Waals surface area contributed by atoms with E-state index < -0.39 is 23.3 Å². The molecule has 0 aliphatic carbocycles. The number of esters is 1. The fourth-order valence-electron chi connectivity index (χ4n) is 2.74. The summed E-state index contributed by atoms with van der Waals surface area (Å²) in [6.07, 6.45) is 1.19. The molecule has 0 bridgehead atoms. The number of carbonyl (C=O) groups excluding carboxylic acids is 2. The summed E-state index contributed by atoms with van der Waals surface area (Å²) in [6, 6.07) is 12.3. The molecule has 0 saturated carbocycles. The predicted molar refractivity (Wildman–Crippen MR) is 101 cm³/mol. The van der Waals surface area contributed by atoms with Gasteiger partial charge in [-0.3, -0.25) is 23.9 Å². The Morgan fingerprint density at radius 2 is 1.93 bits per heavy atom. The van der Waals surface area contributed by atoms with Gasteiger partial charge in [0.1, 0.15) is 18.9 Å². The minimum Gasteiger partial charge on any atom is -0.465 e. The number of para-hydroxylation sites is 1. The molecule has 0 saturated heterocycles. The molecular formula is C20H18FN3O4. The van der Waals surface area contributed by atoms with Crippen molar-refractivity contribution in [1.82, 2.24) is 9.55 Å². The Hall–Kier alpha value is -3.55. The fraction of sp³-hybridized carbons (Fsp3) is 0.200. The molecule has 1 amide bonds. The average Bonchev–Trinajstić information content (AvgIpc) is 2.69. The van der Waals surface area contributed by atoms with E-state index in [1.54, 1.807) is 37.3 Å². The summed E-state index contributed by atoms with van der Waals surface area (Å²) >= 11 is 0. The molecule has 0 fully saturated rings. The fourth-order valence-corrected chi connectivity index (χ4v) is 2.74. The molecule has 0 aliphatic heterocycles. The van der Waals surface area contributed by atoms with Gasteiger partial charge >= 0.3 is 5.97 Å². The zero-order valence-electron chi connectivity index (χ0n) is 15.2. The number of nitrogens with zero attached hydrogens (tertiary/aromatic N) is 3. The van der Waals surface area contributed by atoms with Crippen molar-refractivity contribution in [3.05, 3.63) is 71.0 Å². The van der Waals surface area contributed by atoms with Crippen LogP contribution in [0, 0.1) is 5.82 Å². The van der Waals surface area contributed by atoms with Crippen LogP contribution in [0.1, 0.15) is 6.92 Å². The van der Waals surface area contributed by atoms with Gasteiger partial charge in [0, 0.05) is 11.8 Å². The van der Waals surface area contributed by atoms with Crippen molar-refractivity contribution < 1.29 is 18.7 Å². The molecule has 3 aromatic rings. The molecule has 1 heterocycles. The van der Waals surface area contributed by atoms with Crippen LogP contribution in [0.15, 0.2) is 59.7 Å². The number of benzene rings is 2. The number of aromatic nitrogens is 2. The first-order valence-electron chi connectivity index (χ1n) is 8.65. The first-order valence-corrected chi connectivity index (χ1v) is 8.65. The summed E-state index contributed by atoms with van der Waals surface area (Å²) in [5.74, 6) is -1.54. The quantitative estimate of drug-likeness (QED) is 0.609. The summed E-state index contributed by atoms with van der Waals surface area (Å²) in [5, 5.41) is 0.202. The minimum atomic E-state index is -0.556. The molecule has 0 spiro atoms. The summed E-state index contributed by atoms with van der Waals surface area (Å²) in [4.78, 5) is 42.7. The maximum absolute atomic E-state index is 13.3. The van der Waals surface area contributed by atoms with Crippen molar-refractivity contribution in [2.24, 2.45) is 0 Å². The van der Waals surface area contributed by atoms with Crippen LogP contribution in [0.5, 0.6) is 0 Å². The van der Waals surface area contributed by atoms with Crippen LogP contribution in [0.3, 0.4) is 0 Å². The first-order chi connectivity index (χ1) is 13.5. The maximum Gasteiger partial charge on any atom is 0.326 e. The minimum absolute atomic E-state index is 0.195. The third-order valence-electron chi connectivity index (χ3n) is 4.05. The SMILES string of the molecule is CCOC(=O)CN(C(=O)Cn1cnc2cc(F)ccc2c1=O)c1ccccc1. The Morgan fingerprint density at radius 1 is 1.18 bits per heavy atom. The molecule has 0 radical (unpaired) electrons. The molecule has 0 aliphatic rings. The zero-order valence-corrected chi connectivity index (χ0v) is 15.2. The highest BCUT2D eigenvalue weighted by molar-refractivity contribution is 5.97. The third-order valence-corrected chi connectivity index (χ3v) is 4.05. The lowest BCUT2D eigenvalue weighted by Gasteiger charge is -2.22. The normalized spacial score (nSPS) is 10.6. The second-order valence-electron chi connectivity index (χ2n) is 5.96. The Kier molecular flexibility index (Phi) is 5.78. The largest absolute Gasteiger partial charge is 0.465 e. The molecule has 2 aromatic carbocycles. The van der Waals surface area contributed by atoms with Crippen LogP contribution in [0.4, 0.5) is 10.1 Å². The number of hydrogen-bond donors (Lipinski definition) is 0. The molecule has 28 heavy (non-hydrogen) atoms. The summed E-state index contributed by atoms with van der Waals surface area (Å²) in [6.45, 7) is 1.26. The van der Waals surface area contributed by atoms with Gasteiger partial charge in [-0.05, 0) is 31.2 Å². The second kappa shape index (κ2) is 8.43. The third kappa shape index (κ3) is 4.22. The summed E-state index contributed by atoms with van der Waals surface area (Å²) in [5.41, 5.74) is 0.243. The summed E-state index contributed by atoms with van der Waals surface area (Å²) < 4.78 is 19.4. The van der Waals surface area contributed by atoms with Crippen molar-refractivity contribution in [3.63, 3.8) is 0 Å². The van der Waals surface area contributed by atoms with Gasteiger partial charge in [0.2, 0.25) is 5.91 Å². The van der Waals surface area contributed by atoms with Gasteiger partial charge in [-0.15, -0.1) is 0 Å². The smallest absolute Gasteiger partial charge is 0.326 e. The van der Waals surface area contributed by atoms with E-state index >= 15 is 0 Å². The van der Waals surface area contributed by atoms with E-state index in [1.807, 2.05) is 0 Å². The standard InChI is InChI=1S/C20H18FN3O4/c1-2-28-19(26)12-24(15-6-4-3-5-7-15)18(25)11-23-13-22-17-10-14(21)8-9-16(17)20(23)27/h3-10,13H,2,11-12H2,1H3. The molecule has 1 aromatic heterocycles. The molecule has 3 rings (SSSR count). The highest BCUT2D eigenvalue weighted by atomic mass is 19.1. The molecule has 8 heteroatoms. The second-order valence-corrected chi connectivity index (χ2v) is 5.96. The predicted octanol–water partition coefficient (Wildman–Crippen LogP) is 2.13. The molecule has 144 valence electrons. The van der Waals surface area contributed by atoms with Gasteiger partial charge in [-0.2, -0.15) is 0 Å². The van der Waals surface area contributed by atoms with Crippen LogP contribution >= 0.6 is 0 Å². The first kappa shape index (κ1) is 19.2. The number of carbonyl (C=O) groups is 2. The Morgan fingerprint density at radius 3 is 2.64 bits per heavy atom. The Bertz CT molecular complexity index is 1070. The number of fused-ring (bicyclic) bond motifs is 1. The number of amides is 1. The van der Waals surface area contributed by atoms with Crippen LogP contribution in [0.2, 0.25) is 0 Å². The maximum atomic E-state index is 13.3. The van der Waals surface area contributed by atoms with E-state index in [1.165, 1.54) is 17.3 Å². The average molecular weight is 383 g/mol. The molecule has 0 atom stereocenters. The van der Waals surface area contributed by atoms with Gasteiger partial charge in [0.15, 0.2) is 0 Å². The number of hydrogen-bond acceptors (Lipinski definition) is 5. The van der Waals surface area contributed by atoms with E-state index in [2.05, 4.69) is 4.98 Å². The lowest BCUT2D eigenvalue weighted by atomic mass is 10.2. The topological polar surface area (TPSA) is 81.5 Å². The van der Waals surface area contributed by atoms with E-state index in [4.69, 9.17) is 4.74 Å². The number of halogens is 1. The highest BCUT2D eigenvalue weighted by Gasteiger charge is 2.21. The van der Waals surface area contributed by atoms with Crippen molar-refractivity contribution in [3.8, 4) is 0 Å². The van der Waals surface area contributed by atoms with E-state index in [0.29, 0.717) is 5.69 Å².